The standard InChI is InChI=1S/C18H27N2O3/c1-12(2)10-13(3)17(21)20-16(18(22)19-4)11-14-6-8-15(23-5)9-7-14/h6-9,12-13,16H,3,10-11H2,1-2,4-5H3,(H,19,22)(H,20,21). The molecule has 0 saturated heterocycles. The first kappa shape index (κ1) is 19.0. The van der Waals surface area contributed by atoms with Gasteiger partial charge in [0, 0.05) is 19.4 Å². The van der Waals surface area contributed by atoms with Crippen LogP contribution in [0.2, 0.25) is 0 Å². The van der Waals surface area contributed by atoms with Crippen molar-refractivity contribution in [2.75, 3.05) is 14.2 Å². The van der Waals surface area contributed by atoms with E-state index in [0.717, 1.165) is 11.3 Å². The van der Waals surface area contributed by atoms with Crippen LogP contribution < -0.4 is 15.4 Å². The first-order valence-electron chi connectivity index (χ1n) is 7.85. The van der Waals surface area contributed by atoms with Gasteiger partial charge in [-0.15, -0.1) is 0 Å². The topological polar surface area (TPSA) is 67.4 Å². The molecule has 0 fully saturated rings. The number of carbonyl (C=O) groups excluding carboxylic acids is 2. The predicted octanol–water partition coefficient (Wildman–Crippen LogP) is 1.96. The highest BCUT2D eigenvalue weighted by Crippen LogP contribution is 2.14. The summed E-state index contributed by atoms with van der Waals surface area (Å²) in [7, 11) is 3.16. The number of likely N-dealkylation sites (N-methyl/N-ethyl adjacent to an activating group) is 1. The van der Waals surface area contributed by atoms with Crippen LogP contribution in [0.4, 0.5) is 0 Å². The third-order valence-electron chi connectivity index (χ3n) is 3.60. The normalized spacial score (nSPS) is 13.3. The van der Waals surface area contributed by atoms with E-state index in [2.05, 4.69) is 17.6 Å². The molecule has 0 aliphatic carbocycles. The summed E-state index contributed by atoms with van der Waals surface area (Å²) in [5, 5.41) is 5.40. The first-order valence-corrected chi connectivity index (χ1v) is 7.85. The zero-order chi connectivity index (χ0) is 17.4. The fourth-order valence-corrected chi connectivity index (χ4v) is 2.35. The minimum Gasteiger partial charge on any atom is -0.497 e. The van der Waals surface area contributed by atoms with Crippen molar-refractivity contribution in [3.05, 3.63) is 36.8 Å². The van der Waals surface area contributed by atoms with Crippen LogP contribution in [0.15, 0.2) is 24.3 Å². The SMILES string of the molecule is [CH2]C(CC(C)C)C(=O)NC(Cc1ccc(OC)cc1)C(=O)NC. The Morgan fingerprint density at radius 1 is 1.17 bits per heavy atom. The summed E-state index contributed by atoms with van der Waals surface area (Å²) in [5.41, 5.74) is 0.948. The monoisotopic (exact) mass is 319 g/mol. The first-order chi connectivity index (χ1) is 10.9. The molecule has 1 aromatic carbocycles. The lowest BCUT2D eigenvalue weighted by molar-refractivity contribution is -0.130. The van der Waals surface area contributed by atoms with Crippen molar-refractivity contribution in [1.29, 1.82) is 0 Å². The van der Waals surface area contributed by atoms with Crippen LogP contribution in [-0.4, -0.2) is 32.0 Å². The second-order valence-electron chi connectivity index (χ2n) is 6.05. The summed E-state index contributed by atoms with van der Waals surface area (Å²) in [5.74, 6) is 0.358. The molecule has 2 amide bonds. The Balaban J connectivity index is 2.75. The van der Waals surface area contributed by atoms with Crippen LogP contribution in [0.3, 0.4) is 0 Å². The maximum atomic E-state index is 12.2. The van der Waals surface area contributed by atoms with E-state index < -0.39 is 6.04 Å². The van der Waals surface area contributed by atoms with Gasteiger partial charge < -0.3 is 15.4 Å². The number of carbonyl (C=O) groups is 2. The van der Waals surface area contributed by atoms with E-state index in [9.17, 15) is 9.59 Å². The van der Waals surface area contributed by atoms with Gasteiger partial charge in [-0.25, -0.2) is 0 Å². The third-order valence-corrected chi connectivity index (χ3v) is 3.60. The van der Waals surface area contributed by atoms with Crippen LogP contribution in [-0.2, 0) is 16.0 Å². The highest BCUT2D eigenvalue weighted by Gasteiger charge is 2.23. The molecule has 0 saturated carbocycles. The van der Waals surface area contributed by atoms with Gasteiger partial charge in [0.25, 0.3) is 0 Å². The molecule has 2 atom stereocenters. The molecule has 127 valence electrons. The van der Waals surface area contributed by atoms with Crippen molar-refractivity contribution in [1.82, 2.24) is 10.6 Å². The van der Waals surface area contributed by atoms with Gasteiger partial charge in [0.2, 0.25) is 11.8 Å². The Morgan fingerprint density at radius 2 is 1.78 bits per heavy atom. The molecule has 1 rings (SSSR count). The van der Waals surface area contributed by atoms with Gasteiger partial charge >= 0.3 is 0 Å². The summed E-state index contributed by atoms with van der Waals surface area (Å²) in [6.45, 7) is 7.97. The van der Waals surface area contributed by atoms with Gasteiger partial charge in [0.15, 0.2) is 0 Å². The average molecular weight is 319 g/mol. The molecule has 0 spiro atoms. The maximum absolute atomic E-state index is 12.2. The van der Waals surface area contributed by atoms with Crippen LogP contribution >= 0.6 is 0 Å². The second-order valence-corrected chi connectivity index (χ2v) is 6.05. The largest absolute Gasteiger partial charge is 0.497 e. The van der Waals surface area contributed by atoms with Gasteiger partial charge in [-0.2, -0.15) is 0 Å². The van der Waals surface area contributed by atoms with Gasteiger partial charge in [-0.05, 0) is 37.0 Å². The van der Waals surface area contributed by atoms with E-state index in [4.69, 9.17) is 4.74 Å². The van der Waals surface area contributed by atoms with Crippen molar-refractivity contribution in [3.63, 3.8) is 0 Å². The molecule has 5 heteroatoms. The number of amides is 2. The zero-order valence-electron chi connectivity index (χ0n) is 14.4. The summed E-state index contributed by atoms with van der Waals surface area (Å²) < 4.78 is 5.12. The van der Waals surface area contributed by atoms with Crippen molar-refractivity contribution < 1.29 is 14.3 Å². The Morgan fingerprint density at radius 3 is 2.26 bits per heavy atom. The molecular weight excluding hydrogens is 292 g/mol. The maximum Gasteiger partial charge on any atom is 0.242 e. The Bertz CT molecular complexity index is 512. The lowest BCUT2D eigenvalue weighted by atomic mass is 9.97. The minimum atomic E-state index is -0.614. The number of ether oxygens (including phenoxy) is 1. The van der Waals surface area contributed by atoms with Gasteiger partial charge in [0.05, 0.1) is 7.11 Å². The van der Waals surface area contributed by atoms with Crippen molar-refractivity contribution in [2.45, 2.75) is 32.7 Å². The molecule has 0 aromatic heterocycles. The fraction of sp³-hybridized carbons (Fsp3) is 0.500. The Hall–Kier alpha value is -2.04. The number of rotatable bonds is 8. The van der Waals surface area contributed by atoms with Gasteiger partial charge in [-0.3, -0.25) is 9.59 Å². The van der Waals surface area contributed by atoms with E-state index in [1.807, 2.05) is 38.1 Å². The smallest absolute Gasteiger partial charge is 0.242 e. The summed E-state index contributed by atoms with van der Waals surface area (Å²) >= 11 is 0. The Kier molecular flexibility index (Phi) is 7.59. The van der Waals surface area contributed by atoms with Gasteiger partial charge in [0.1, 0.15) is 11.8 Å². The predicted molar refractivity (Wildman–Crippen MR) is 91.0 cm³/mol. The molecule has 1 aromatic rings. The summed E-state index contributed by atoms with van der Waals surface area (Å²) in [6, 6.07) is 6.83. The summed E-state index contributed by atoms with van der Waals surface area (Å²) in [6.07, 6.45) is 1.11. The number of hydrogen-bond donors (Lipinski definition) is 2. The molecule has 2 unspecified atom stereocenters. The number of benzene rings is 1. The average Bonchev–Trinajstić information content (AvgIpc) is 2.53. The lowest BCUT2D eigenvalue weighted by Crippen LogP contribution is -2.48. The van der Waals surface area contributed by atoms with Crippen LogP contribution in [0, 0.1) is 18.8 Å². The van der Waals surface area contributed by atoms with Crippen molar-refractivity contribution in [3.8, 4) is 5.75 Å². The highest BCUT2D eigenvalue weighted by atomic mass is 16.5. The minimum absolute atomic E-state index is 0.194. The number of methoxy groups -OCH3 is 1. The molecule has 0 aliphatic rings. The molecule has 2 N–H and O–H groups in total. The van der Waals surface area contributed by atoms with Crippen molar-refractivity contribution >= 4 is 11.8 Å². The summed E-state index contributed by atoms with van der Waals surface area (Å²) in [4.78, 5) is 24.3. The van der Waals surface area contributed by atoms with Gasteiger partial charge in [-0.1, -0.05) is 26.0 Å². The van der Waals surface area contributed by atoms with Crippen LogP contribution in [0.25, 0.3) is 0 Å². The van der Waals surface area contributed by atoms with Crippen LogP contribution in [0.1, 0.15) is 25.8 Å². The highest BCUT2D eigenvalue weighted by molar-refractivity contribution is 5.88. The third kappa shape index (κ3) is 6.30. The number of hydrogen-bond acceptors (Lipinski definition) is 3. The van der Waals surface area contributed by atoms with E-state index >= 15 is 0 Å². The van der Waals surface area contributed by atoms with E-state index in [-0.39, 0.29) is 17.7 Å². The quantitative estimate of drug-likeness (QED) is 0.770. The number of nitrogens with one attached hydrogen (secondary N) is 2. The van der Waals surface area contributed by atoms with E-state index in [1.165, 1.54) is 0 Å². The van der Waals surface area contributed by atoms with Crippen molar-refractivity contribution in [2.24, 2.45) is 11.8 Å². The van der Waals surface area contributed by atoms with E-state index in [0.29, 0.717) is 18.8 Å². The molecule has 0 heterocycles. The second kappa shape index (κ2) is 9.18. The molecule has 0 aliphatic heterocycles. The molecule has 23 heavy (non-hydrogen) atoms. The van der Waals surface area contributed by atoms with Crippen LogP contribution in [0.5, 0.6) is 5.75 Å². The fourth-order valence-electron chi connectivity index (χ4n) is 2.35. The molecular formula is C18H27N2O3. The lowest BCUT2D eigenvalue weighted by Gasteiger charge is -2.21. The molecule has 5 nitrogen and oxygen atoms in total. The Labute approximate surface area is 138 Å². The van der Waals surface area contributed by atoms with E-state index in [1.54, 1.807) is 14.2 Å². The zero-order valence-corrected chi connectivity index (χ0v) is 14.4. The molecule has 1 radical (unpaired) electrons. The molecule has 0 bridgehead atoms.